The Morgan fingerprint density at radius 3 is 2.75 bits per heavy atom. The van der Waals surface area contributed by atoms with Gasteiger partial charge in [0.2, 0.25) is 5.91 Å². The fourth-order valence-electron chi connectivity index (χ4n) is 1.90. The number of hydrogen-bond donors (Lipinski definition) is 1. The smallest absolute Gasteiger partial charge is 0.228 e. The lowest BCUT2D eigenvalue weighted by Crippen LogP contribution is -2.15. The maximum atomic E-state index is 11.9. The number of anilines is 1. The third-order valence-corrected chi connectivity index (χ3v) is 3.79. The van der Waals surface area contributed by atoms with Gasteiger partial charge >= 0.3 is 0 Å². The zero-order valence-corrected chi connectivity index (χ0v) is 13.1. The molecule has 0 aliphatic carbocycles. The van der Waals surface area contributed by atoms with Crippen molar-refractivity contribution in [2.75, 3.05) is 5.32 Å². The summed E-state index contributed by atoms with van der Waals surface area (Å²) >= 11 is 1.47. The second-order valence-corrected chi connectivity index (χ2v) is 6.04. The van der Waals surface area contributed by atoms with Crippen LogP contribution in [0.5, 0.6) is 0 Å². The van der Waals surface area contributed by atoms with Crippen LogP contribution in [-0.4, -0.2) is 20.7 Å². The Morgan fingerprint density at radius 2 is 2.20 bits per heavy atom. The van der Waals surface area contributed by atoms with Crippen LogP contribution in [0.3, 0.4) is 0 Å². The number of thiazole rings is 1. The van der Waals surface area contributed by atoms with E-state index in [0.717, 1.165) is 17.1 Å². The molecule has 0 spiro atoms. The molecule has 0 aliphatic heterocycles. The van der Waals surface area contributed by atoms with E-state index in [-0.39, 0.29) is 5.91 Å². The number of carbonyl (C=O) groups is 1. The highest BCUT2D eigenvalue weighted by molar-refractivity contribution is 7.13. The Bertz CT molecular complexity index is 600. The first-order valence-electron chi connectivity index (χ1n) is 6.72. The molecule has 2 aromatic rings. The summed E-state index contributed by atoms with van der Waals surface area (Å²) in [4.78, 5) is 16.3. The molecule has 2 heterocycles. The van der Waals surface area contributed by atoms with Gasteiger partial charge < -0.3 is 5.32 Å². The van der Waals surface area contributed by atoms with Crippen molar-refractivity contribution in [3.63, 3.8) is 0 Å². The van der Waals surface area contributed by atoms with Crippen LogP contribution in [0.15, 0.2) is 11.4 Å². The first-order valence-corrected chi connectivity index (χ1v) is 7.60. The van der Waals surface area contributed by atoms with Gasteiger partial charge in [-0.1, -0.05) is 13.8 Å². The molecule has 0 aliphatic rings. The molecule has 0 unspecified atom stereocenters. The Balaban J connectivity index is 1.87. The van der Waals surface area contributed by atoms with Gasteiger partial charge in [0.25, 0.3) is 0 Å². The Labute approximate surface area is 123 Å². The van der Waals surface area contributed by atoms with E-state index in [9.17, 15) is 4.79 Å². The van der Waals surface area contributed by atoms with Gasteiger partial charge in [0, 0.05) is 24.0 Å². The quantitative estimate of drug-likeness (QED) is 0.921. The zero-order chi connectivity index (χ0) is 14.7. The fourth-order valence-corrected chi connectivity index (χ4v) is 2.79. The van der Waals surface area contributed by atoms with Crippen LogP contribution in [-0.2, 0) is 11.3 Å². The van der Waals surface area contributed by atoms with Crippen molar-refractivity contribution in [3.05, 3.63) is 28.5 Å². The van der Waals surface area contributed by atoms with E-state index in [1.54, 1.807) is 0 Å². The summed E-state index contributed by atoms with van der Waals surface area (Å²) in [7, 11) is 0. The summed E-state index contributed by atoms with van der Waals surface area (Å²) in [6, 6.07) is 2.01. The third-order valence-electron chi connectivity index (χ3n) is 3.01. The number of aryl methyl sites for hydroxylation is 3. The van der Waals surface area contributed by atoms with Crippen LogP contribution in [0.1, 0.15) is 43.3 Å². The molecule has 0 radical (unpaired) electrons. The molecule has 2 rings (SSSR count). The molecule has 1 N–H and O–H groups in total. The SMILES string of the molecule is Cc1cc(C)n(CCC(=O)Nc2nc(C(C)C)cs2)n1. The second kappa shape index (κ2) is 6.17. The van der Waals surface area contributed by atoms with Crippen LogP contribution in [0.25, 0.3) is 0 Å². The highest BCUT2D eigenvalue weighted by atomic mass is 32.1. The number of nitrogens with zero attached hydrogens (tertiary/aromatic N) is 3. The van der Waals surface area contributed by atoms with Gasteiger partial charge in [0.05, 0.1) is 11.4 Å². The monoisotopic (exact) mass is 292 g/mol. The van der Waals surface area contributed by atoms with Gasteiger partial charge in [-0.3, -0.25) is 9.48 Å². The average Bonchev–Trinajstić information content (AvgIpc) is 2.94. The number of nitrogens with one attached hydrogen (secondary N) is 1. The van der Waals surface area contributed by atoms with Crippen molar-refractivity contribution < 1.29 is 4.79 Å². The second-order valence-electron chi connectivity index (χ2n) is 5.18. The van der Waals surface area contributed by atoms with Gasteiger partial charge in [0.15, 0.2) is 5.13 Å². The predicted octanol–water partition coefficient (Wildman–Crippen LogP) is 3.11. The van der Waals surface area contributed by atoms with Crippen molar-refractivity contribution in [1.82, 2.24) is 14.8 Å². The molecule has 0 fully saturated rings. The van der Waals surface area contributed by atoms with Crippen LogP contribution >= 0.6 is 11.3 Å². The Kier molecular flexibility index (Phi) is 4.54. The van der Waals surface area contributed by atoms with E-state index in [2.05, 4.69) is 29.2 Å². The lowest BCUT2D eigenvalue weighted by Gasteiger charge is -2.04. The summed E-state index contributed by atoms with van der Waals surface area (Å²) in [6.45, 7) is 8.71. The van der Waals surface area contributed by atoms with E-state index in [4.69, 9.17) is 0 Å². The lowest BCUT2D eigenvalue weighted by atomic mass is 10.2. The molecular formula is C14H20N4OS. The normalized spacial score (nSPS) is 11.1. The summed E-state index contributed by atoms with van der Waals surface area (Å²) in [6.07, 6.45) is 0.401. The standard InChI is InChI=1S/C14H20N4OS/c1-9(2)12-8-20-14(15-12)16-13(19)5-6-18-11(4)7-10(3)17-18/h7-9H,5-6H2,1-4H3,(H,15,16,19). The summed E-state index contributed by atoms with van der Waals surface area (Å²) in [5.74, 6) is 0.355. The first kappa shape index (κ1) is 14.7. The van der Waals surface area contributed by atoms with Gasteiger partial charge in [-0.15, -0.1) is 11.3 Å². The molecule has 5 nitrogen and oxygen atoms in total. The average molecular weight is 292 g/mol. The van der Waals surface area contributed by atoms with E-state index in [1.807, 2.05) is 30.0 Å². The number of amides is 1. The van der Waals surface area contributed by atoms with Crippen LogP contribution in [0, 0.1) is 13.8 Å². The lowest BCUT2D eigenvalue weighted by molar-refractivity contribution is -0.116. The molecule has 6 heteroatoms. The van der Waals surface area contributed by atoms with Gasteiger partial charge in [-0.25, -0.2) is 4.98 Å². The molecule has 0 saturated carbocycles. The predicted molar refractivity (Wildman–Crippen MR) is 81.2 cm³/mol. The molecule has 1 amide bonds. The van der Waals surface area contributed by atoms with Crippen LogP contribution in [0.2, 0.25) is 0 Å². The molecule has 108 valence electrons. The van der Waals surface area contributed by atoms with E-state index in [1.165, 1.54) is 11.3 Å². The maximum Gasteiger partial charge on any atom is 0.228 e. The topological polar surface area (TPSA) is 59.8 Å². The molecule has 2 aromatic heterocycles. The van der Waals surface area contributed by atoms with E-state index in [0.29, 0.717) is 24.0 Å². The van der Waals surface area contributed by atoms with Gasteiger partial charge in [-0.2, -0.15) is 5.10 Å². The Morgan fingerprint density at radius 1 is 1.45 bits per heavy atom. The molecule has 0 saturated heterocycles. The van der Waals surface area contributed by atoms with Crippen molar-refractivity contribution in [2.45, 2.75) is 46.6 Å². The van der Waals surface area contributed by atoms with E-state index >= 15 is 0 Å². The van der Waals surface area contributed by atoms with Crippen molar-refractivity contribution in [3.8, 4) is 0 Å². The van der Waals surface area contributed by atoms with Crippen molar-refractivity contribution in [2.24, 2.45) is 0 Å². The zero-order valence-electron chi connectivity index (χ0n) is 12.3. The molecule has 0 aromatic carbocycles. The van der Waals surface area contributed by atoms with E-state index < -0.39 is 0 Å². The maximum absolute atomic E-state index is 11.9. The largest absolute Gasteiger partial charge is 0.302 e. The Hall–Kier alpha value is -1.69. The highest BCUT2D eigenvalue weighted by Gasteiger charge is 2.09. The fraction of sp³-hybridized carbons (Fsp3) is 0.500. The number of hydrogen-bond acceptors (Lipinski definition) is 4. The molecule has 20 heavy (non-hydrogen) atoms. The van der Waals surface area contributed by atoms with Crippen LogP contribution < -0.4 is 5.32 Å². The highest BCUT2D eigenvalue weighted by Crippen LogP contribution is 2.21. The molecule has 0 atom stereocenters. The summed E-state index contributed by atoms with van der Waals surface area (Å²) in [5.41, 5.74) is 3.07. The third kappa shape index (κ3) is 3.66. The minimum Gasteiger partial charge on any atom is -0.302 e. The number of aromatic nitrogens is 3. The summed E-state index contributed by atoms with van der Waals surface area (Å²) in [5, 5.41) is 9.84. The first-order chi connectivity index (χ1) is 9.45. The number of carbonyl (C=O) groups excluding carboxylic acids is 1. The summed E-state index contributed by atoms with van der Waals surface area (Å²) < 4.78 is 1.86. The molecule has 0 bridgehead atoms. The van der Waals surface area contributed by atoms with Crippen LogP contribution in [0.4, 0.5) is 5.13 Å². The number of rotatable bonds is 5. The van der Waals surface area contributed by atoms with Crippen molar-refractivity contribution >= 4 is 22.4 Å². The minimum absolute atomic E-state index is 0.0257. The van der Waals surface area contributed by atoms with Gasteiger partial charge in [-0.05, 0) is 25.8 Å². The minimum atomic E-state index is -0.0257. The molecular weight excluding hydrogens is 272 g/mol. The van der Waals surface area contributed by atoms with Crippen molar-refractivity contribution in [1.29, 1.82) is 0 Å². The van der Waals surface area contributed by atoms with Gasteiger partial charge in [0.1, 0.15) is 0 Å².